The standard InChI is InChI=1S/C9H12O2.C3H8/c1-7-3-4-9(11-2)5-8(7)6-10;1-3-2/h3-5,10H,6H2,1-2H3;3H2,1-2H3. The summed E-state index contributed by atoms with van der Waals surface area (Å²) < 4.78 is 5.00. The Kier molecular flexibility index (Phi) is 6.85. The van der Waals surface area contributed by atoms with Crippen molar-refractivity contribution in [3.63, 3.8) is 0 Å². The largest absolute Gasteiger partial charge is 0.497 e. The molecule has 0 fully saturated rings. The van der Waals surface area contributed by atoms with Gasteiger partial charge in [0, 0.05) is 0 Å². The number of hydrogen-bond donors (Lipinski definition) is 1. The molecule has 1 aromatic carbocycles. The number of aliphatic hydroxyl groups is 1. The van der Waals surface area contributed by atoms with E-state index in [9.17, 15) is 0 Å². The molecule has 1 rings (SSSR count). The minimum Gasteiger partial charge on any atom is -0.497 e. The fourth-order valence-corrected chi connectivity index (χ4v) is 0.945. The molecular weight excluding hydrogens is 176 g/mol. The van der Waals surface area contributed by atoms with Gasteiger partial charge in [0.15, 0.2) is 0 Å². The first-order chi connectivity index (χ1) is 6.69. The van der Waals surface area contributed by atoms with E-state index >= 15 is 0 Å². The van der Waals surface area contributed by atoms with Gasteiger partial charge in [-0.3, -0.25) is 0 Å². The van der Waals surface area contributed by atoms with E-state index in [4.69, 9.17) is 9.84 Å². The van der Waals surface area contributed by atoms with Crippen LogP contribution in [0.15, 0.2) is 18.2 Å². The van der Waals surface area contributed by atoms with Crippen LogP contribution in [0.25, 0.3) is 0 Å². The average Bonchev–Trinajstić information content (AvgIpc) is 2.20. The van der Waals surface area contributed by atoms with Crippen molar-refractivity contribution >= 4 is 0 Å². The molecule has 0 aromatic heterocycles. The van der Waals surface area contributed by atoms with Gasteiger partial charge in [-0.1, -0.05) is 26.3 Å². The molecule has 0 saturated carbocycles. The predicted octanol–water partition coefficient (Wildman–Crippen LogP) is 2.91. The van der Waals surface area contributed by atoms with E-state index in [1.807, 2.05) is 25.1 Å². The Morgan fingerprint density at radius 3 is 2.29 bits per heavy atom. The van der Waals surface area contributed by atoms with Crippen molar-refractivity contribution in [2.24, 2.45) is 0 Å². The van der Waals surface area contributed by atoms with Gasteiger partial charge in [0.05, 0.1) is 13.7 Å². The molecule has 0 amide bonds. The quantitative estimate of drug-likeness (QED) is 0.788. The Morgan fingerprint density at radius 2 is 1.86 bits per heavy atom. The van der Waals surface area contributed by atoms with Gasteiger partial charge in [-0.25, -0.2) is 0 Å². The third-order valence-electron chi connectivity index (χ3n) is 1.73. The summed E-state index contributed by atoms with van der Waals surface area (Å²) in [4.78, 5) is 0. The van der Waals surface area contributed by atoms with E-state index in [2.05, 4.69) is 13.8 Å². The lowest BCUT2D eigenvalue weighted by atomic mass is 10.1. The van der Waals surface area contributed by atoms with E-state index in [0.717, 1.165) is 16.9 Å². The molecule has 0 atom stereocenters. The lowest BCUT2D eigenvalue weighted by Crippen LogP contribution is -1.90. The highest BCUT2D eigenvalue weighted by atomic mass is 16.5. The van der Waals surface area contributed by atoms with Crippen LogP contribution in [0.3, 0.4) is 0 Å². The molecule has 0 saturated heterocycles. The Bertz CT molecular complexity index is 256. The molecule has 0 unspecified atom stereocenters. The van der Waals surface area contributed by atoms with Crippen LogP contribution in [-0.2, 0) is 6.61 Å². The molecule has 1 N–H and O–H groups in total. The Morgan fingerprint density at radius 1 is 1.29 bits per heavy atom. The van der Waals surface area contributed by atoms with Gasteiger partial charge in [0.25, 0.3) is 0 Å². The first-order valence-corrected chi connectivity index (χ1v) is 4.93. The van der Waals surface area contributed by atoms with E-state index in [0.29, 0.717) is 0 Å². The first kappa shape index (κ1) is 13.0. The summed E-state index contributed by atoms with van der Waals surface area (Å²) in [6.07, 6.45) is 1.25. The van der Waals surface area contributed by atoms with Crippen molar-refractivity contribution < 1.29 is 9.84 Å². The molecule has 0 aliphatic carbocycles. The molecule has 0 radical (unpaired) electrons. The number of ether oxygens (including phenoxy) is 1. The van der Waals surface area contributed by atoms with Crippen molar-refractivity contribution in [2.45, 2.75) is 33.8 Å². The fourth-order valence-electron chi connectivity index (χ4n) is 0.945. The summed E-state index contributed by atoms with van der Waals surface area (Å²) in [5, 5.41) is 8.88. The van der Waals surface area contributed by atoms with Crippen molar-refractivity contribution in [1.82, 2.24) is 0 Å². The minimum atomic E-state index is 0.0725. The van der Waals surface area contributed by atoms with Gasteiger partial charge in [0.1, 0.15) is 5.75 Å². The SMILES string of the molecule is CCC.COc1ccc(C)c(CO)c1. The van der Waals surface area contributed by atoms with Gasteiger partial charge < -0.3 is 9.84 Å². The van der Waals surface area contributed by atoms with Gasteiger partial charge in [-0.15, -0.1) is 0 Å². The number of benzene rings is 1. The third-order valence-corrected chi connectivity index (χ3v) is 1.73. The number of methoxy groups -OCH3 is 1. The summed E-state index contributed by atoms with van der Waals surface area (Å²) in [6, 6.07) is 5.66. The van der Waals surface area contributed by atoms with Gasteiger partial charge in [0.2, 0.25) is 0 Å². The van der Waals surface area contributed by atoms with Crippen LogP contribution in [-0.4, -0.2) is 12.2 Å². The smallest absolute Gasteiger partial charge is 0.119 e. The number of hydrogen-bond acceptors (Lipinski definition) is 2. The Balaban J connectivity index is 0.000000500. The van der Waals surface area contributed by atoms with Crippen LogP contribution < -0.4 is 4.74 Å². The average molecular weight is 196 g/mol. The highest BCUT2D eigenvalue weighted by Gasteiger charge is 1.97. The molecule has 80 valence electrons. The second-order valence-electron chi connectivity index (χ2n) is 3.16. The van der Waals surface area contributed by atoms with Crippen molar-refractivity contribution in [3.8, 4) is 5.75 Å². The molecule has 0 spiro atoms. The molecule has 14 heavy (non-hydrogen) atoms. The lowest BCUT2D eigenvalue weighted by Gasteiger charge is -2.04. The van der Waals surface area contributed by atoms with E-state index in [1.54, 1.807) is 7.11 Å². The molecule has 1 aromatic rings. The third kappa shape index (κ3) is 4.28. The zero-order chi connectivity index (χ0) is 11.0. The summed E-state index contributed by atoms with van der Waals surface area (Å²) in [6.45, 7) is 6.29. The zero-order valence-corrected chi connectivity index (χ0v) is 9.50. The van der Waals surface area contributed by atoms with Gasteiger partial charge in [-0.05, 0) is 30.2 Å². The lowest BCUT2D eigenvalue weighted by molar-refractivity contribution is 0.280. The van der Waals surface area contributed by atoms with Crippen molar-refractivity contribution in [2.75, 3.05) is 7.11 Å². The summed E-state index contributed by atoms with van der Waals surface area (Å²) in [7, 11) is 1.62. The van der Waals surface area contributed by atoms with Crippen LogP contribution >= 0.6 is 0 Å². The minimum absolute atomic E-state index is 0.0725. The highest BCUT2D eigenvalue weighted by molar-refractivity contribution is 5.34. The maximum atomic E-state index is 8.88. The van der Waals surface area contributed by atoms with Gasteiger partial charge in [-0.2, -0.15) is 0 Å². The topological polar surface area (TPSA) is 29.5 Å². The molecular formula is C12H20O2. The molecule has 2 heteroatoms. The Labute approximate surface area is 86.5 Å². The summed E-state index contributed by atoms with van der Waals surface area (Å²) in [5.74, 6) is 0.791. The van der Waals surface area contributed by atoms with Crippen LogP contribution in [0.5, 0.6) is 5.75 Å². The predicted molar refractivity (Wildman–Crippen MR) is 59.6 cm³/mol. The fraction of sp³-hybridized carbons (Fsp3) is 0.500. The molecule has 0 aliphatic heterocycles. The first-order valence-electron chi connectivity index (χ1n) is 4.93. The molecule has 2 nitrogen and oxygen atoms in total. The van der Waals surface area contributed by atoms with Crippen LogP contribution in [0.1, 0.15) is 31.4 Å². The molecule has 0 aliphatic rings. The normalized spacial score (nSPS) is 8.93. The van der Waals surface area contributed by atoms with Crippen molar-refractivity contribution in [3.05, 3.63) is 29.3 Å². The summed E-state index contributed by atoms with van der Waals surface area (Å²) >= 11 is 0. The van der Waals surface area contributed by atoms with E-state index in [1.165, 1.54) is 6.42 Å². The second kappa shape index (κ2) is 7.39. The zero-order valence-electron chi connectivity index (χ0n) is 9.50. The van der Waals surface area contributed by atoms with E-state index < -0.39 is 0 Å². The van der Waals surface area contributed by atoms with Crippen LogP contribution in [0.2, 0.25) is 0 Å². The maximum absolute atomic E-state index is 8.88. The van der Waals surface area contributed by atoms with Crippen LogP contribution in [0, 0.1) is 6.92 Å². The number of aryl methyl sites for hydroxylation is 1. The van der Waals surface area contributed by atoms with E-state index in [-0.39, 0.29) is 6.61 Å². The Hall–Kier alpha value is -1.02. The van der Waals surface area contributed by atoms with Gasteiger partial charge >= 0.3 is 0 Å². The highest BCUT2D eigenvalue weighted by Crippen LogP contribution is 2.16. The monoisotopic (exact) mass is 196 g/mol. The number of aliphatic hydroxyl groups excluding tert-OH is 1. The second-order valence-corrected chi connectivity index (χ2v) is 3.16. The molecule has 0 heterocycles. The van der Waals surface area contributed by atoms with Crippen LogP contribution in [0.4, 0.5) is 0 Å². The van der Waals surface area contributed by atoms with Crippen molar-refractivity contribution in [1.29, 1.82) is 0 Å². The maximum Gasteiger partial charge on any atom is 0.119 e. The molecule has 0 bridgehead atoms. The number of rotatable bonds is 2. The summed E-state index contributed by atoms with van der Waals surface area (Å²) in [5.41, 5.74) is 2.01.